The van der Waals surface area contributed by atoms with E-state index >= 15 is 0 Å². The van der Waals surface area contributed by atoms with E-state index in [9.17, 15) is 52.7 Å². The Morgan fingerprint density at radius 1 is 0.576 bits per heavy atom. The van der Waals surface area contributed by atoms with Crippen LogP contribution in [0.1, 0.15) is 91.8 Å². The number of carbonyl (C=O) groups is 11. The summed E-state index contributed by atoms with van der Waals surface area (Å²) in [6.45, 7) is 13.9. The number of alkyl carbamates (subject to hydrolysis) is 1. The summed E-state index contributed by atoms with van der Waals surface area (Å²) in [6.07, 6.45) is -10.4. The topological polar surface area (TPSA) is 343 Å². The van der Waals surface area contributed by atoms with E-state index < -0.39 is 157 Å². The van der Waals surface area contributed by atoms with Crippen LogP contribution in [0.5, 0.6) is 0 Å². The lowest BCUT2D eigenvalue weighted by molar-refractivity contribution is -0.228. The number of hydrogen-bond donors (Lipinski definition) is 6. The van der Waals surface area contributed by atoms with Crippen LogP contribution >= 0.6 is 0 Å². The summed E-state index contributed by atoms with van der Waals surface area (Å²) in [4.78, 5) is 149. The molecule has 1 aliphatic rings. The minimum atomic E-state index is -1.93. The summed E-state index contributed by atoms with van der Waals surface area (Å²) < 4.78 is 50.6. The van der Waals surface area contributed by atoms with Gasteiger partial charge >= 0.3 is 35.9 Å². The largest absolute Gasteiger partial charge is 0.463 e. The minimum Gasteiger partial charge on any atom is -0.463 e. The van der Waals surface area contributed by atoms with Crippen LogP contribution in [0.15, 0.2) is 104 Å². The van der Waals surface area contributed by atoms with Crippen molar-refractivity contribution < 1.29 is 95.4 Å². The second-order valence-corrected chi connectivity index (χ2v) is 20.5. The van der Waals surface area contributed by atoms with Crippen molar-refractivity contribution >= 4 is 65.5 Å². The molecule has 0 radical (unpaired) electrons. The maximum absolute atomic E-state index is 15.0. The van der Waals surface area contributed by atoms with Crippen molar-refractivity contribution in [3.05, 3.63) is 120 Å². The molecule has 0 unspecified atom stereocenters. The molecule has 0 aromatic heterocycles. The third kappa shape index (κ3) is 24.5. The number of amides is 6. The van der Waals surface area contributed by atoms with Gasteiger partial charge in [0.25, 0.3) is 0 Å². The molecule has 26 nitrogen and oxygen atoms in total. The number of rotatable bonds is 30. The van der Waals surface area contributed by atoms with E-state index in [0.29, 0.717) is 16.7 Å². The highest BCUT2D eigenvalue weighted by atomic mass is 16.6. The predicted molar refractivity (Wildman–Crippen MR) is 299 cm³/mol. The van der Waals surface area contributed by atoms with Gasteiger partial charge in [0.15, 0.2) is 18.4 Å². The van der Waals surface area contributed by atoms with Gasteiger partial charge < -0.3 is 74.5 Å². The standard InChI is InChI=1S/C59H76N6O20/c1-11-27-77-57(75)44(29-47(71)81-32-42-25-19-14-20-26-42)61-54(73)48(34(2)78-30-40-21-15-12-16-22-40)65-55(74)49(35(3)79-31-41-23-17-13-18-24-41)64-53(72)43(62-58(76)85-59(8,9)10)28-46(70)63-56-50(60-36(4)66)52(83-39(7)69)51(82-38(6)68)45(84-56)33-80-37(5)67/h11-26,34-35,43-45,48-52,56H,1,27-33H2,2-10H3,(H,60,66)(H,61,73)(H,62,76)(H,63,70)(H,64,72)(H,65,74)/t34-,35-,43+,44+,45-,48+,49+,50-,51-,52-,56-/m1/s1. The van der Waals surface area contributed by atoms with Crippen LogP contribution in [0.2, 0.25) is 0 Å². The number of hydrogen-bond acceptors (Lipinski definition) is 20. The van der Waals surface area contributed by atoms with Gasteiger partial charge in [-0.1, -0.05) is 104 Å². The molecule has 0 aliphatic carbocycles. The second kappa shape index (κ2) is 34.1. The quantitative estimate of drug-likeness (QED) is 0.0317. The Morgan fingerprint density at radius 3 is 1.55 bits per heavy atom. The zero-order valence-electron chi connectivity index (χ0n) is 48.9. The van der Waals surface area contributed by atoms with E-state index in [0.717, 1.165) is 27.7 Å². The highest BCUT2D eigenvalue weighted by Gasteiger charge is 2.51. The average Bonchev–Trinajstić information content (AvgIpc) is 2.40. The molecule has 462 valence electrons. The number of carbonyl (C=O) groups excluding carboxylic acids is 11. The van der Waals surface area contributed by atoms with E-state index in [1.807, 2.05) is 0 Å². The molecule has 3 aromatic rings. The SMILES string of the molecule is C=CCOC(=O)[C@H](CC(=O)OCc1ccccc1)NC(=O)[C@@H](NC(=O)[C@@H](NC(=O)[C@H](CC(=O)N[C@@H]1O[C@H](COC(C)=O)[C@@H](OC(C)=O)[C@H](OC(C)=O)[C@H]1NC(C)=O)NC(=O)OC(C)(C)C)[C@@H](C)OCc1ccccc1)[C@@H](C)OCc1ccccc1. The molecule has 11 atom stereocenters. The first-order chi connectivity index (χ1) is 40.2. The Morgan fingerprint density at radius 2 is 1.07 bits per heavy atom. The summed E-state index contributed by atoms with van der Waals surface area (Å²) in [5, 5.41) is 15.0. The average molecular weight is 1190 g/mol. The normalized spacial score (nSPS) is 18.5. The van der Waals surface area contributed by atoms with E-state index in [2.05, 4.69) is 38.5 Å². The Hall–Kier alpha value is -8.75. The van der Waals surface area contributed by atoms with Crippen LogP contribution in [0.4, 0.5) is 4.79 Å². The van der Waals surface area contributed by atoms with Crippen molar-refractivity contribution in [2.75, 3.05) is 13.2 Å². The number of nitrogens with one attached hydrogen (secondary N) is 6. The Labute approximate surface area is 492 Å². The summed E-state index contributed by atoms with van der Waals surface area (Å²) in [5.41, 5.74) is 0.801. The van der Waals surface area contributed by atoms with Gasteiger partial charge in [-0.05, 0) is 51.3 Å². The zero-order chi connectivity index (χ0) is 62.8. The van der Waals surface area contributed by atoms with E-state index in [1.165, 1.54) is 40.7 Å². The lowest BCUT2D eigenvalue weighted by atomic mass is 9.94. The van der Waals surface area contributed by atoms with Crippen molar-refractivity contribution in [2.45, 2.75) is 168 Å². The molecule has 85 heavy (non-hydrogen) atoms. The zero-order valence-corrected chi connectivity index (χ0v) is 48.9. The molecular formula is C59H76N6O20. The van der Waals surface area contributed by atoms with Crippen LogP contribution < -0.4 is 31.9 Å². The van der Waals surface area contributed by atoms with Gasteiger partial charge in [-0.25, -0.2) is 9.59 Å². The molecule has 0 bridgehead atoms. The lowest BCUT2D eigenvalue weighted by Gasteiger charge is -2.45. The van der Waals surface area contributed by atoms with Gasteiger partial charge in [0.05, 0.1) is 38.3 Å². The summed E-state index contributed by atoms with van der Waals surface area (Å²) in [6, 6.07) is 17.5. The molecular weight excluding hydrogens is 1110 g/mol. The molecule has 4 rings (SSSR count). The number of benzene rings is 3. The molecule has 1 saturated heterocycles. The Balaban J connectivity index is 1.75. The predicted octanol–water partition coefficient (Wildman–Crippen LogP) is 2.57. The molecule has 6 N–H and O–H groups in total. The van der Waals surface area contributed by atoms with Gasteiger partial charge in [0, 0.05) is 27.7 Å². The summed E-state index contributed by atoms with van der Waals surface area (Å²) in [7, 11) is 0. The first kappa shape index (κ1) is 68.7. The van der Waals surface area contributed by atoms with Crippen molar-refractivity contribution in [1.82, 2.24) is 31.9 Å². The van der Waals surface area contributed by atoms with E-state index in [-0.39, 0.29) is 26.4 Å². The molecule has 0 spiro atoms. The van der Waals surface area contributed by atoms with Gasteiger partial charge in [-0.2, -0.15) is 0 Å². The maximum atomic E-state index is 15.0. The number of ether oxygens (including phenoxy) is 9. The van der Waals surface area contributed by atoms with Gasteiger partial charge in [0.2, 0.25) is 29.5 Å². The van der Waals surface area contributed by atoms with Crippen LogP contribution in [0.25, 0.3) is 0 Å². The highest BCUT2D eigenvalue weighted by molar-refractivity contribution is 5.97. The molecule has 6 amide bonds. The van der Waals surface area contributed by atoms with Crippen LogP contribution in [0.3, 0.4) is 0 Å². The van der Waals surface area contributed by atoms with Crippen molar-refractivity contribution in [3.63, 3.8) is 0 Å². The monoisotopic (exact) mass is 1190 g/mol. The Bertz CT molecular complexity index is 2760. The fraction of sp³-hybridized carbons (Fsp3) is 0.475. The fourth-order valence-electron chi connectivity index (χ4n) is 8.26. The third-order valence-electron chi connectivity index (χ3n) is 12.2. The van der Waals surface area contributed by atoms with Crippen LogP contribution in [-0.4, -0.2) is 151 Å². The molecule has 1 fully saturated rings. The molecule has 1 heterocycles. The van der Waals surface area contributed by atoms with Gasteiger partial charge in [-0.3, -0.25) is 43.2 Å². The third-order valence-corrected chi connectivity index (χ3v) is 12.2. The van der Waals surface area contributed by atoms with E-state index in [4.69, 9.17) is 42.6 Å². The van der Waals surface area contributed by atoms with E-state index in [1.54, 1.807) is 91.0 Å². The minimum absolute atomic E-state index is 0.0867. The molecule has 3 aromatic carbocycles. The molecule has 1 aliphatic heterocycles. The van der Waals surface area contributed by atoms with Crippen molar-refractivity contribution in [3.8, 4) is 0 Å². The fourth-order valence-corrected chi connectivity index (χ4v) is 8.26. The summed E-state index contributed by atoms with van der Waals surface area (Å²) >= 11 is 0. The second-order valence-electron chi connectivity index (χ2n) is 20.5. The Kier molecular flexibility index (Phi) is 27.6. The van der Waals surface area contributed by atoms with Crippen molar-refractivity contribution in [2.24, 2.45) is 0 Å². The van der Waals surface area contributed by atoms with Crippen LogP contribution in [0, 0.1) is 0 Å². The summed E-state index contributed by atoms with van der Waals surface area (Å²) in [5.74, 6) is -9.70. The lowest BCUT2D eigenvalue weighted by Crippen LogP contribution is -2.69. The van der Waals surface area contributed by atoms with Crippen LogP contribution in [-0.2, 0) is 110 Å². The van der Waals surface area contributed by atoms with Crippen molar-refractivity contribution in [1.29, 1.82) is 0 Å². The maximum Gasteiger partial charge on any atom is 0.408 e. The number of esters is 5. The first-order valence-electron chi connectivity index (χ1n) is 27.1. The first-order valence-corrected chi connectivity index (χ1v) is 27.1. The highest BCUT2D eigenvalue weighted by Crippen LogP contribution is 2.27. The van der Waals surface area contributed by atoms with Gasteiger partial charge in [-0.15, -0.1) is 0 Å². The smallest absolute Gasteiger partial charge is 0.408 e. The molecule has 26 heteroatoms. The molecule has 0 saturated carbocycles. The van der Waals surface area contributed by atoms with Gasteiger partial charge in [0.1, 0.15) is 61.7 Å².